The summed E-state index contributed by atoms with van der Waals surface area (Å²) >= 11 is 3.00. The Balaban J connectivity index is 1.78. The van der Waals surface area contributed by atoms with Gasteiger partial charge in [-0.2, -0.15) is 0 Å². The molecular formula is C12H20N4OS2. The summed E-state index contributed by atoms with van der Waals surface area (Å²) in [5.74, 6) is 0.702. The molecule has 0 aromatic carbocycles. The minimum absolute atomic E-state index is 0.229. The molecule has 0 aliphatic carbocycles. The molecule has 5 nitrogen and oxygen atoms in total. The molecule has 7 heteroatoms. The molecule has 0 bridgehead atoms. The van der Waals surface area contributed by atoms with Crippen molar-refractivity contribution in [3.8, 4) is 0 Å². The van der Waals surface area contributed by atoms with Gasteiger partial charge in [-0.05, 0) is 19.8 Å². The zero-order chi connectivity index (χ0) is 13.5. The van der Waals surface area contributed by atoms with Crippen molar-refractivity contribution in [2.24, 2.45) is 0 Å². The van der Waals surface area contributed by atoms with Gasteiger partial charge in [0.15, 0.2) is 4.34 Å². The van der Waals surface area contributed by atoms with Crippen LogP contribution in [0.4, 0.5) is 5.13 Å². The third kappa shape index (κ3) is 4.65. The number of anilines is 1. The van der Waals surface area contributed by atoms with Gasteiger partial charge in [0.05, 0.1) is 5.75 Å². The number of amides is 1. The van der Waals surface area contributed by atoms with Crippen LogP contribution >= 0.6 is 23.1 Å². The molecule has 1 N–H and O–H groups in total. The van der Waals surface area contributed by atoms with E-state index in [2.05, 4.69) is 15.5 Å². The Morgan fingerprint density at radius 1 is 1.32 bits per heavy atom. The van der Waals surface area contributed by atoms with Gasteiger partial charge in [0.1, 0.15) is 0 Å². The van der Waals surface area contributed by atoms with Crippen molar-refractivity contribution in [1.29, 1.82) is 0 Å². The number of rotatable bonds is 5. The standard InChI is InChI=1S/C12H20N4OS2/c1-2-13-11-14-15-12(19-11)18-9-10(17)16-7-5-3-4-6-8-16/h2-9H2,1H3,(H,13,14). The van der Waals surface area contributed by atoms with E-state index in [-0.39, 0.29) is 5.91 Å². The first-order valence-corrected chi connectivity index (χ1v) is 8.57. The number of nitrogens with one attached hydrogen (secondary N) is 1. The van der Waals surface area contributed by atoms with Crippen LogP contribution in [0.1, 0.15) is 32.6 Å². The maximum Gasteiger partial charge on any atom is 0.233 e. The molecule has 1 amide bonds. The lowest BCUT2D eigenvalue weighted by atomic mass is 10.2. The normalized spacial score (nSPS) is 16.2. The van der Waals surface area contributed by atoms with Crippen LogP contribution in [0.2, 0.25) is 0 Å². The van der Waals surface area contributed by atoms with Gasteiger partial charge >= 0.3 is 0 Å². The molecule has 1 aliphatic heterocycles. The van der Waals surface area contributed by atoms with Gasteiger partial charge in [-0.3, -0.25) is 4.79 Å². The molecule has 1 aliphatic rings. The molecule has 1 aromatic rings. The highest BCUT2D eigenvalue weighted by atomic mass is 32.2. The first-order valence-electron chi connectivity index (χ1n) is 6.77. The highest BCUT2D eigenvalue weighted by molar-refractivity contribution is 8.01. The van der Waals surface area contributed by atoms with Crippen molar-refractivity contribution in [1.82, 2.24) is 15.1 Å². The Labute approximate surface area is 122 Å². The summed E-state index contributed by atoms with van der Waals surface area (Å²) in [7, 11) is 0. The highest BCUT2D eigenvalue weighted by Gasteiger charge is 2.16. The first-order chi connectivity index (χ1) is 9.29. The van der Waals surface area contributed by atoms with Crippen LogP contribution < -0.4 is 5.32 Å². The van der Waals surface area contributed by atoms with Crippen molar-refractivity contribution < 1.29 is 4.79 Å². The van der Waals surface area contributed by atoms with Crippen LogP contribution in [0.25, 0.3) is 0 Å². The quantitative estimate of drug-likeness (QED) is 0.847. The lowest BCUT2D eigenvalue weighted by Gasteiger charge is -2.19. The molecule has 1 fully saturated rings. The summed E-state index contributed by atoms with van der Waals surface area (Å²) in [5, 5.41) is 12.0. The zero-order valence-corrected chi connectivity index (χ0v) is 12.9. The highest BCUT2D eigenvalue weighted by Crippen LogP contribution is 2.25. The molecule has 0 saturated carbocycles. The van der Waals surface area contributed by atoms with E-state index in [0.29, 0.717) is 5.75 Å². The number of hydrogen-bond donors (Lipinski definition) is 1. The second-order valence-corrected chi connectivity index (χ2v) is 6.69. The number of hydrogen-bond acceptors (Lipinski definition) is 6. The van der Waals surface area contributed by atoms with Crippen LogP contribution in [0.5, 0.6) is 0 Å². The number of aromatic nitrogens is 2. The van der Waals surface area contributed by atoms with Gasteiger partial charge in [0.25, 0.3) is 0 Å². The molecule has 0 atom stereocenters. The largest absolute Gasteiger partial charge is 0.360 e. The summed E-state index contributed by atoms with van der Waals surface area (Å²) in [5.41, 5.74) is 0. The number of thioether (sulfide) groups is 1. The average Bonchev–Trinajstić information content (AvgIpc) is 2.69. The monoisotopic (exact) mass is 300 g/mol. The van der Waals surface area contributed by atoms with E-state index in [1.54, 1.807) is 0 Å². The second kappa shape index (κ2) is 7.69. The van der Waals surface area contributed by atoms with E-state index < -0.39 is 0 Å². The smallest absolute Gasteiger partial charge is 0.233 e. The molecule has 0 unspecified atom stereocenters. The summed E-state index contributed by atoms with van der Waals surface area (Å²) in [4.78, 5) is 14.1. The SMILES string of the molecule is CCNc1nnc(SCC(=O)N2CCCCCC2)s1. The van der Waals surface area contributed by atoms with Gasteiger partial charge in [0.2, 0.25) is 11.0 Å². The van der Waals surface area contributed by atoms with Gasteiger partial charge in [-0.25, -0.2) is 0 Å². The molecular weight excluding hydrogens is 280 g/mol. The Bertz CT molecular complexity index is 402. The summed E-state index contributed by atoms with van der Waals surface area (Å²) < 4.78 is 0.860. The molecule has 2 rings (SSSR count). The van der Waals surface area contributed by atoms with E-state index >= 15 is 0 Å². The van der Waals surface area contributed by atoms with Crippen LogP contribution in [0.15, 0.2) is 4.34 Å². The third-order valence-electron chi connectivity index (χ3n) is 3.01. The van der Waals surface area contributed by atoms with Crippen LogP contribution in [-0.2, 0) is 4.79 Å². The van der Waals surface area contributed by atoms with E-state index in [0.717, 1.165) is 41.9 Å². The summed E-state index contributed by atoms with van der Waals surface area (Å²) in [6.45, 7) is 4.69. The fourth-order valence-corrected chi connectivity index (χ4v) is 3.75. The van der Waals surface area contributed by atoms with E-state index in [9.17, 15) is 4.79 Å². The van der Waals surface area contributed by atoms with Crippen molar-refractivity contribution in [3.63, 3.8) is 0 Å². The van der Waals surface area contributed by atoms with Crippen molar-refractivity contribution in [2.45, 2.75) is 36.9 Å². The average molecular weight is 300 g/mol. The Morgan fingerprint density at radius 2 is 2.05 bits per heavy atom. The number of likely N-dealkylation sites (tertiary alicyclic amines) is 1. The van der Waals surface area contributed by atoms with Crippen LogP contribution in [0.3, 0.4) is 0 Å². The predicted molar refractivity (Wildman–Crippen MR) is 79.8 cm³/mol. The maximum atomic E-state index is 12.1. The second-order valence-electron chi connectivity index (χ2n) is 4.49. The minimum atomic E-state index is 0.229. The van der Waals surface area contributed by atoms with Crippen LogP contribution in [-0.4, -0.2) is 46.4 Å². The number of nitrogens with zero attached hydrogens (tertiary/aromatic N) is 3. The fraction of sp³-hybridized carbons (Fsp3) is 0.750. The van der Waals surface area contributed by atoms with Gasteiger partial charge in [-0.1, -0.05) is 35.9 Å². The molecule has 0 spiro atoms. The topological polar surface area (TPSA) is 58.1 Å². The lowest BCUT2D eigenvalue weighted by molar-refractivity contribution is -0.128. The van der Waals surface area contributed by atoms with Crippen LogP contribution in [0, 0.1) is 0 Å². The molecule has 1 saturated heterocycles. The molecule has 0 radical (unpaired) electrons. The maximum absolute atomic E-state index is 12.1. The van der Waals surface area contributed by atoms with Gasteiger partial charge in [-0.15, -0.1) is 10.2 Å². The summed E-state index contributed by atoms with van der Waals surface area (Å²) in [6.07, 6.45) is 4.78. The lowest BCUT2D eigenvalue weighted by Crippen LogP contribution is -2.33. The molecule has 1 aromatic heterocycles. The first kappa shape index (κ1) is 14.6. The summed E-state index contributed by atoms with van der Waals surface area (Å²) in [6, 6.07) is 0. The van der Waals surface area contributed by atoms with Gasteiger partial charge < -0.3 is 10.2 Å². The molecule has 106 valence electrons. The Morgan fingerprint density at radius 3 is 2.74 bits per heavy atom. The number of carbonyl (C=O) groups is 1. The molecule has 19 heavy (non-hydrogen) atoms. The van der Waals surface area contributed by atoms with Crippen molar-refractivity contribution in [3.05, 3.63) is 0 Å². The fourth-order valence-electron chi connectivity index (χ4n) is 2.03. The Kier molecular flexibility index (Phi) is 5.91. The number of carbonyl (C=O) groups excluding carboxylic acids is 1. The minimum Gasteiger partial charge on any atom is -0.360 e. The van der Waals surface area contributed by atoms with Crippen molar-refractivity contribution in [2.75, 3.05) is 30.7 Å². The Hall–Kier alpha value is -0.820. The predicted octanol–water partition coefficient (Wildman–Crippen LogP) is 2.46. The van der Waals surface area contributed by atoms with E-state index in [1.807, 2.05) is 11.8 Å². The molecule has 2 heterocycles. The van der Waals surface area contributed by atoms with E-state index in [4.69, 9.17) is 0 Å². The van der Waals surface area contributed by atoms with Gasteiger partial charge in [0, 0.05) is 19.6 Å². The third-order valence-corrected chi connectivity index (χ3v) is 5.01. The zero-order valence-electron chi connectivity index (χ0n) is 11.2. The van der Waals surface area contributed by atoms with E-state index in [1.165, 1.54) is 35.9 Å². The van der Waals surface area contributed by atoms with Crippen molar-refractivity contribution >= 4 is 34.1 Å².